The van der Waals surface area contributed by atoms with Gasteiger partial charge in [-0.15, -0.1) is 0 Å². The molecule has 2 bridgehead atoms. The van der Waals surface area contributed by atoms with Gasteiger partial charge < -0.3 is 10.6 Å². The van der Waals surface area contributed by atoms with Crippen molar-refractivity contribution in [3.05, 3.63) is 0 Å². The van der Waals surface area contributed by atoms with Crippen LogP contribution in [0.5, 0.6) is 0 Å². The smallest absolute Gasteiger partial charge is 0.00989 e. The lowest BCUT2D eigenvalue weighted by atomic mass is 9.79. The summed E-state index contributed by atoms with van der Waals surface area (Å²) < 4.78 is 0. The van der Waals surface area contributed by atoms with Gasteiger partial charge in [0.15, 0.2) is 0 Å². The Morgan fingerprint density at radius 1 is 1.25 bits per heavy atom. The maximum Gasteiger partial charge on any atom is 0.00989 e. The van der Waals surface area contributed by atoms with E-state index in [0.717, 1.165) is 18.0 Å². The molecule has 0 aromatic carbocycles. The number of nitrogens with zero attached hydrogens (tertiary/aromatic N) is 1. The minimum atomic E-state index is 0.441. The first-order valence-corrected chi connectivity index (χ1v) is 7.11. The molecule has 2 heteroatoms. The molecular formula is C14H28N2. The highest BCUT2D eigenvalue weighted by atomic mass is 15.2. The van der Waals surface area contributed by atoms with Gasteiger partial charge in [0.1, 0.15) is 0 Å². The van der Waals surface area contributed by atoms with Crippen LogP contribution in [0.3, 0.4) is 0 Å². The summed E-state index contributed by atoms with van der Waals surface area (Å²) in [4.78, 5) is 2.60. The van der Waals surface area contributed by atoms with E-state index in [0.29, 0.717) is 12.0 Å². The van der Waals surface area contributed by atoms with Crippen molar-refractivity contribution in [2.75, 3.05) is 7.05 Å². The van der Waals surface area contributed by atoms with E-state index in [2.05, 4.69) is 25.8 Å². The Kier molecular flexibility index (Phi) is 3.91. The summed E-state index contributed by atoms with van der Waals surface area (Å²) in [7, 11) is 2.31. The molecule has 2 rings (SSSR count). The van der Waals surface area contributed by atoms with Gasteiger partial charge in [-0.3, -0.25) is 0 Å². The van der Waals surface area contributed by atoms with Gasteiger partial charge in [0.05, 0.1) is 0 Å². The zero-order valence-corrected chi connectivity index (χ0v) is 11.2. The number of fused-ring (bicyclic) bond motifs is 2. The van der Waals surface area contributed by atoms with Crippen molar-refractivity contribution < 1.29 is 0 Å². The zero-order chi connectivity index (χ0) is 11.7. The van der Waals surface area contributed by atoms with Gasteiger partial charge in [0, 0.05) is 18.1 Å². The molecule has 0 radical (unpaired) electrons. The Morgan fingerprint density at radius 3 is 2.31 bits per heavy atom. The molecule has 0 aliphatic carbocycles. The van der Waals surface area contributed by atoms with Gasteiger partial charge in [-0.1, -0.05) is 20.3 Å². The summed E-state index contributed by atoms with van der Waals surface area (Å²) in [6.45, 7) is 4.61. The molecule has 94 valence electrons. The van der Waals surface area contributed by atoms with Crippen molar-refractivity contribution in [3.8, 4) is 0 Å². The fraction of sp³-hybridized carbons (Fsp3) is 1.00. The van der Waals surface area contributed by atoms with Crippen molar-refractivity contribution in [1.82, 2.24) is 4.90 Å². The summed E-state index contributed by atoms with van der Waals surface area (Å²) in [5, 5.41) is 0. The van der Waals surface area contributed by atoms with Crippen LogP contribution >= 0.6 is 0 Å². The predicted molar refractivity (Wildman–Crippen MR) is 69.3 cm³/mol. The molecule has 0 aromatic rings. The van der Waals surface area contributed by atoms with Gasteiger partial charge in [-0.25, -0.2) is 0 Å². The lowest BCUT2D eigenvalue weighted by Crippen LogP contribution is -2.47. The SMILES string of the molecule is CCCC(C)C(N)C1CC2CCC(C1)N2C. The van der Waals surface area contributed by atoms with Crippen molar-refractivity contribution in [2.24, 2.45) is 17.6 Å². The fourth-order valence-corrected chi connectivity index (χ4v) is 3.88. The molecule has 2 heterocycles. The first-order chi connectivity index (χ1) is 7.63. The highest BCUT2D eigenvalue weighted by Crippen LogP contribution is 2.39. The van der Waals surface area contributed by atoms with Crippen LogP contribution in [0.25, 0.3) is 0 Å². The van der Waals surface area contributed by atoms with E-state index in [1.54, 1.807) is 0 Å². The molecule has 2 saturated heterocycles. The molecular weight excluding hydrogens is 196 g/mol. The minimum Gasteiger partial charge on any atom is -0.327 e. The average Bonchev–Trinajstić information content (AvgIpc) is 2.53. The van der Waals surface area contributed by atoms with Crippen molar-refractivity contribution >= 4 is 0 Å². The Labute approximate surface area is 101 Å². The Bertz CT molecular complexity index is 215. The summed E-state index contributed by atoms with van der Waals surface area (Å²) in [6.07, 6.45) is 8.08. The molecule has 0 spiro atoms. The third kappa shape index (κ3) is 2.28. The molecule has 4 unspecified atom stereocenters. The second-order valence-corrected chi connectivity index (χ2v) is 6.13. The number of hydrogen-bond acceptors (Lipinski definition) is 2. The first kappa shape index (κ1) is 12.4. The van der Waals surface area contributed by atoms with Crippen LogP contribution in [0.2, 0.25) is 0 Å². The van der Waals surface area contributed by atoms with Crippen LogP contribution in [0.4, 0.5) is 0 Å². The van der Waals surface area contributed by atoms with Crippen LogP contribution < -0.4 is 5.73 Å². The molecule has 0 aromatic heterocycles. The van der Waals surface area contributed by atoms with Crippen LogP contribution in [-0.4, -0.2) is 30.1 Å². The monoisotopic (exact) mass is 224 g/mol. The molecule has 2 nitrogen and oxygen atoms in total. The van der Waals surface area contributed by atoms with Crippen molar-refractivity contribution in [3.63, 3.8) is 0 Å². The van der Waals surface area contributed by atoms with E-state index in [-0.39, 0.29) is 0 Å². The van der Waals surface area contributed by atoms with Gasteiger partial charge in [0.25, 0.3) is 0 Å². The Balaban J connectivity index is 1.92. The van der Waals surface area contributed by atoms with E-state index in [9.17, 15) is 0 Å². The molecule has 4 atom stereocenters. The van der Waals surface area contributed by atoms with E-state index in [4.69, 9.17) is 5.73 Å². The molecule has 2 aliphatic heterocycles. The second-order valence-electron chi connectivity index (χ2n) is 6.13. The normalized spacial score (nSPS) is 38.6. The maximum absolute atomic E-state index is 6.46. The van der Waals surface area contributed by atoms with Crippen LogP contribution in [0.15, 0.2) is 0 Å². The first-order valence-electron chi connectivity index (χ1n) is 7.11. The highest BCUT2D eigenvalue weighted by Gasteiger charge is 2.40. The largest absolute Gasteiger partial charge is 0.327 e. The number of hydrogen-bond donors (Lipinski definition) is 1. The standard InChI is InChI=1S/C14H28N2/c1-4-5-10(2)14(15)11-8-12-6-7-13(9-11)16(12)3/h10-14H,4-9,15H2,1-3H3. The third-order valence-electron chi connectivity index (χ3n) is 5.08. The molecule has 16 heavy (non-hydrogen) atoms. The zero-order valence-electron chi connectivity index (χ0n) is 11.2. The average molecular weight is 224 g/mol. The lowest BCUT2D eigenvalue weighted by Gasteiger charge is -2.40. The number of piperidine rings is 1. The molecule has 2 fully saturated rings. The van der Waals surface area contributed by atoms with E-state index in [1.807, 2.05) is 0 Å². The van der Waals surface area contributed by atoms with E-state index >= 15 is 0 Å². The van der Waals surface area contributed by atoms with Crippen LogP contribution in [0.1, 0.15) is 52.4 Å². The van der Waals surface area contributed by atoms with Crippen molar-refractivity contribution in [2.45, 2.75) is 70.5 Å². The lowest BCUT2D eigenvalue weighted by molar-refractivity contribution is 0.108. The minimum absolute atomic E-state index is 0.441. The van der Waals surface area contributed by atoms with Gasteiger partial charge in [0.2, 0.25) is 0 Å². The number of rotatable bonds is 4. The molecule has 2 N–H and O–H groups in total. The molecule has 0 amide bonds. The predicted octanol–water partition coefficient (Wildman–Crippen LogP) is 2.62. The summed E-state index contributed by atoms with van der Waals surface area (Å²) in [5.74, 6) is 1.49. The van der Waals surface area contributed by atoms with E-state index in [1.165, 1.54) is 38.5 Å². The molecule has 0 saturated carbocycles. The van der Waals surface area contributed by atoms with Gasteiger partial charge >= 0.3 is 0 Å². The summed E-state index contributed by atoms with van der Waals surface area (Å²) in [6, 6.07) is 2.11. The second kappa shape index (κ2) is 5.05. The van der Waals surface area contributed by atoms with Crippen LogP contribution in [0, 0.1) is 11.8 Å². The summed E-state index contributed by atoms with van der Waals surface area (Å²) >= 11 is 0. The fourth-order valence-electron chi connectivity index (χ4n) is 3.88. The van der Waals surface area contributed by atoms with Gasteiger partial charge in [-0.05, 0) is 51.0 Å². The maximum atomic E-state index is 6.46. The Morgan fingerprint density at radius 2 is 1.81 bits per heavy atom. The Hall–Kier alpha value is -0.0800. The van der Waals surface area contributed by atoms with Gasteiger partial charge in [-0.2, -0.15) is 0 Å². The summed E-state index contributed by atoms with van der Waals surface area (Å²) in [5.41, 5.74) is 6.46. The molecule has 2 aliphatic rings. The third-order valence-corrected chi connectivity index (χ3v) is 5.08. The highest BCUT2D eigenvalue weighted by molar-refractivity contribution is 4.96. The topological polar surface area (TPSA) is 29.3 Å². The van der Waals surface area contributed by atoms with E-state index < -0.39 is 0 Å². The van der Waals surface area contributed by atoms with Crippen molar-refractivity contribution in [1.29, 1.82) is 0 Å². The van der Waals surface area contributed by atoms with Crippen LogP contribution in [-0.2, 0) is 0 Å². The number of nitrogens with two attached hydrogens (primary N) is 1. The quantitative estimate of drug-likeness (QED) is 0.795.